The van der Waals surface area contributed by atoms with Gasteiger partial charge in [-0.3, -0.25) is 4.90 Å². The monoisotopic (exact) mass is 328 g/mol. The van der Waals surface area contributed by atoms with Gasteiger partial charge in [0.15, 0.2) is 0 Å². The van der Waals surface area contributed by atoms with E-state index >= 15 is 0 Å². The molecule has 7 heteroatoms. The summed E-state index contributed by atoms with van der Waals surface area (Å²) in [6, 6.07) is 3.33. The minimum atomic E-state index is -3.49. The van der Waals surface area contributed by atoms with Crippen molar-refractivity contribution in [1.29, 1.82) is 0 Å². The van der Waals surface area contributed by atoms with Crippen LogP contribution < -0.4 is 4.74 Å². The number of hydrogen-bond acceptors (Lipinski definition) is 5. The molecule has 1 fully saturated rings. The molecular weight excluding hydrogens is 304 g/mol. The molecular formula is C15H24N2O4S. The normalized spacial score (nSPS) is 17.6. The zero-order chi connectivity index (χ0) is 16.3. The highest BCUT2D eigenvalue weighted by Crippen LogP contribution is 2.29. The van der Waals surface area contributed by atoms with Crippen molar-refractivity contribution >= 4 is 10.0 Å². The lowest BCUT2D eigenvalue weighted by atomic mass is 10.1. The number of rotatable bonds is 5. The van der Waals surface area contributed by atoms with E-state index < -0.39 is 10.0 Å². The molecule has 0 unspecified atom stereocenters. The summed E-state index contributed by atoms with van der Waals surface area (Å²) in [4.78, 5) is 2.42. The van der Waals surface area contributed by atoms with Gasteiger partial charge in [0.05, 0.1) is 18.6 Å². The third kappa shape index (κ3) is 3.27. The first-order valence-corrected chi connectivity index (χ1v) is 8.83. The van der Waals surface area contributed by atoms with Gasteiger partial charge in [0.2, 0.25) is 10.0 Å². The molecule has 22 heavy (non-hydrogen) atoms. The molecule has 124 valence electrons. The second kappa shape index (κ2) is 6.95. The van der Waals surface area contributed by atoms with Crippen molar-refractivity contribution in [3.8, 4) is 5.75 Å². The van der Waals surface area contributed by atoms with Crippen molar-refractivity contribution in [2.24, 2.45) is 0 Å². The summed E-state index contributed by atoms with van der Waals surface area (Å²) in [5, 5.41) is 8.95. The van der Waals surface area contributed by atoms with E-state index in [1.807, 2.05) is 13.8 Å². The maximum absolute atomic E-state index is 12.8. The smallest absolute Gasteiger partial charge is 0.243 e. The van der Waals surface area contributed by atoms with Crippen LogP contribution in [0.5, 0.6) is 5.75 Å². The van der Waals surface area contributed by atoms with Gasteiger partial charge in [-0.05, 0) is 37.1 Å². The van der Waals surface area contributed by atoms with E-state index in [1.54, 1.807) is 19.2 Å². The van der Waals surface area contributed by atoms with Gasteiger partial charge in [-0.2, -0.15) is 4.31 Å². The van der Waals surface area contributed by atoms with E-state index in [0.29, 0.717) is 43.4 Å². The molecule has 0 amide bonds. The van der Waals surface area contributed by atoms with Gasteiger partial charge >= 0.3 is 0 Å². The molecule has 1 N–H and O–H groups in total. The summed E-state index contributed by atoms with van der Waals surface area (Å²) < 4.78 is 32.4. The molecule has 1 aliphatic rings. The standard InChI is InChI=1S/C15H24N2O4S/c1-12-13(2)15(5-4-14(12)21-3)22(19,20)17-8-6-16(7-9-17)10-11-18/h4-5,18H,6-11H2,1-3H3. The molecule has 0 bridgehead atoms. The predicted octanol–water partition coefficient (Wildman–Crippen LogP) is 0.611. The van der Waals surface area contributed by atoms with Crippen LogP contribution >= 0.6 is 0 Å². The van der Waals surface area contributed by atoms with Crippen LogP contribution in [-0.4, -0.2) is 69.2 Å². The number of aliphatic hydroxyl groups is 1. The van der Waals surface area contributed by atoms with Crippen molar-refractivity contribution < 1.29 is 18.3 Å². The lowest BCUT2D eigenvalue weighted by molar-refractivity contribution is 0.151. The molecule has 0 saturated carbocycles. The molecule has 1 heterocycles. The van der Waals surface area contributed by atoms with Gasteiger partial charge in [-0.25, -0.2) is 8.42 Å². The fourth-order valence-corrected chi connectivity index (χ4v) is 4.45. The average Bonchev–Trinajstić information content (AvgIpc) is 2.50. The van der Waals surface area contributed by atoms with E-state index in [-0.39, 0.29) is 6.61 Å². The Hall–Kier alpha value is -1.15. The van der Waals surface area contributed by atoms with Crippen molar-refractivity contribution in [1.82, 2.24) is 9.21 Å². The molecule has 1 saturated heterocycles. The Labute approximate surface area is 132 Å². The van der Waals surface area contributed by atoms with Crippen LogP contribution in [0, 0.1) is 13.8 Å². The SMILES string of the molecule is COc1ccc(S(=O)(=O)N2CCN(CCO)CC2)c(C)c1C. The quantitative estimate of drug-likeness (QED) is 0.858. The van der Waals surface area contributed by atoms with E-state index in [9.17, 15) is 8.42 Å². The summed E-state index contributed by atoms with van der Waals surface area (Å²) >= 11 is 0. The highest BCUT2D eigenvalue weighted by molar-refractivity contribution is 7.89. The van der Waals surface area contributed by atoms with Gasteiger partial charge in [-0.1, -0.05) is 0 Å². The largest absolute Gasteiger partial charge is 0.496 e. The summed E-state index contributed by atoms with van der Waals surface area (Å²) in [6.07, 6.45) is 0. The van der Waals surface area contributed by atoms with E-state index in [2.05, 4.69) is 4.90 Å². The molecule has 0 radical (unpaired) electrons. The molecule has 1 aromatic carbocycles. The molecule has 0 spiro atoms. The zero-order valence-electron chi connectivity index (χ0n) is 13.4. The minimum Gasteiger partial charge on any atom is -0.496 e. The third-order valence-electron chi connectivity index (χ3n) is 4.27. The number of piperazine rings is 1. The number of aliphatic hydroxyl groups excluding tert-OH is 1. The van der Waals surface area contributed by atoms with E-state index in [1.165, 1.54) is 4.31 Å². The van der Waals surface area contributed by atoms with Crippen molar-refractivity contribution in [3.63, 3.8) is 0 Å². The van der Waals surface area contributed by atoms with E-state index in [4.69, 9.17) is 9.84 Å². The van der Waals surface area contributed by atoms with Gasteiger partial charge in [0, 0.05) is 32.7 Å². The molecule has 6 nitrogen and oxygen atoms in total. The first-order chi connectivity index (χ1) is 10.4. The maximum atomic E-state index is 12.8. The number of methoxy groups -OCH3 is 1. The summed E-state index contributed by atoms with van der Waals surface area (Å²) in [6.45, 7) is 6.57. The Morgan fingerprint density at radius 1 is 1.14 bits per heavy atom. The van der Waals surface area contributed by atoms with Crippen LogP contribution in [0.4, 0.5) is 0 Å². The van der Waals surface area contributed by atoms with Crippen LogP contribution in [0.3, 0.4) is 0 Å². The van der Waals surface area contributed by atoms with Crippen LogP contribution in [0.25, 0.3) is 0 Å². The summed E-state index contributed by atoms with van der Waals surface area (Å²) in [7, 11) is -1.91. The molecule has 1 aromatic rings. The predicted molar refractivity (Wildman–Crippen MR) is 84.8 cm³/mol. The number of β-amino-alcohol motifs (C(OH)–C–C–N with tert-alkyl or cyclic N) is 1. The highest BCUT2D eigenvalue weighted by atomic mass is 32.2. The molecule has 1 aliphatic heterocycles. The van der Waals surface area contributed by atoms with Gasteiger partial charge in [0.1, 0.15) is 5.75 Å². The van der Waals surface area contributed by atoms with Crippen LogP contribution in [0.1, 0.15) is 11.1 Å². The Balaban J connectivity index is 2.23. The van der Waals surface area contributed by atoms with Crippen molar-refractivity contribution in [3.05, 3.63) is 23.3 Å². The highest BCUT2D eigenvalue weighted by Gasteiger charge is 2.30. The van der Waals surface area contributed by atoms with Crippen LogP contribution in [0.2, 0.25) is 0 Å². The van der Waals surface area contributed by atoms with Crippen molar-refractivity contribution in [2.75, 3.05) is 46.4 Å². The number of benzene rings is 1. The molecule has 0 aliphatic carbocycles. The number of nitrogens with zero attached hydrogens (tertiary/aromatic N) is 2. The number of ether oxygens (including phenoxy) is 1. The number of hydrogen-bond donors (Lipinski definition) is 1. The minimum absolute atomic E-state index is 0.101. The molecule has 0 aromatic heterocycles. The lowest BCUT2D eigenvalue weighted by Crippen LogP contribution is -2.49. The van der Waals surface area contributed by atoms with Gasteiger partial charge < -0.3 is 9.84 Å². The summed E-state index contributed by atoms with van der Waals surface area (Å²) in [5.41, 5.74) is 1.58. The Morgan fingerprint density at radius 3 is 2.32 bits per heavy atom. The van der Waals surface area contributed by atoms with Gasteiger partial charge in [0.25, 0.3) is 0 Å². The lowest BCUT2D eigenvalue weighted by Gasteiger charge is -2.34. The number of sulfonamides is 1. The molecule has 2 rings (SSSR count). The fourth-order valence-electron chi connectivity index (χ4n) is 2.75. The van der Waals surface area contributed by atoms with Crippen molar-refractivity contribution in [2.45, 2.75) is 18.7 Å². The zero-order valence-corrected chi connectivity index (χ0v) is 14.2. The Morgan fingerprint density at radius 2 is 1.77 bits per heavy atom. The fraction of sp³-hybridized carbons (Fsp3) is 0.600. The second-order valence-electron chi connectivity index (χ2n) is 5.49. The first-order valence-electron chi connectivity index (χ1n) is 7.39. The molecule has 0 atom stereocenters. The van der Waals surface area contributed by atoms with E-state index in [0.717, 1.165) is 11.1 Å². The third-order valence-corrected chi connectivity index (χ3v) is 6.32. The van der Waals surface area contributed by atoms with Gasteiger partial charge in [-0.15, -0.1) is 0 Å². The topological polar surface area (TPSA) is 70.1 Å². The Bertz CT molecular complexity index is 623. The van der Waals surface area contributed by atoms with Crippen LogP contribution in [0.15, 0.2) is 17.0 Å². The first kappa shape index (κ1) is 17.2. The second-order valence-corrected chi connectivity index (χ2v) is 7.39. The summed E-state index contributed by atoms with van der Waals surface area (Å²) in [5.74, 6) is 0.698. The van der Waals surface area contributed by atoms with Crippen LogP contribution in [-0.2, 0) is 10.0 Å². The Kier molecular flexibility index (Phi) is 5.44. The maximum Gasteiger partial charge on any atom is 0.243 e. The average molecular weight is 328 g/mol.